The van der Waals surface area contributed by atoms with Gasteiger partial charge < -0.3 is 10.2 Å². The molecule has 4 nitrogen and oxygen atoms in total. The van der Waals surface area contributed by atoms with Crippen LogP contribution in [0.5, 0.6) is 0 Å². The summed E-state index contributed by atoms with van der Waals surface area (Å²) in [5.41, 5.74) is -0.791. The highest BCUT2D eigenvalue weighted by Gasteiger charge is 2.66. The zero-order chi connectivity index (χ0) is 22.6. The van der Waals surface area contributed by atoms with Gasteiger partial charge in [-0.15, -0.1) is 11.6 Å². The summed E-state index contributed by atoms with van der Waals surface area (Å²) in [4.78, 5) is 16.0. The van der Waals surface area contributed by atoms with Crippen molar-refractivity contribution < 1.29 is 15.0 Å². The van der Waals surface area contributed by atoms with Gasteiger partial charge in [0, 0.05) is 36.8 Å². The van der Waals surface area contributed by atoms with Gasteiger partial charge in [0.15, 0.2) is 0 Å². The van der Waals surface area contributed by atoms with E-state index in [1.54, 1.807) is 0 Å². The Morgan fingerprint density at radius 1 is 0.938 bits per heavy atom. The molecule has 1 unspecified atom stereocenters. The fourth-order valence-corrected chi connectivity index (χ4v) is 10.9. The van der Waals surface area contributed by atoms with E-state index in [2.05, 4.69) is 25.7 Å². The van der Waals surface area contributed by atoms with Gasteiger partial charge in [0.1, 0.15) is 5.78 Å². The van der Waals surface area contributed by atoms with E-state index in [4.69, 9.17) is 11.6 Å². The monoisotopic (exact) mass is 463 g/mol. The predicted octanol–water partition coefficient (Wildman–Crippen LogP) is 4.10. The zero-order valence-corrected chi connectivity index (χ0v) is 20.8. The summed E-state index contributed by atoms with van der Waals surface area (Å²) in [5, 5.41) is 22.1. The summed E-state index contributed by atoms with van der Waals surface area (Å²) in [6.45, 7) is 9.03. The number of Topliss-reactive ketones (excluding diaryl/α,β-unsaturated/α-hetero) is 1. The summed E-state index contributed by atoms with van der Waals surface area (Å²) >= 11 is 6.98. The second kappa shape index (κ2) is 7.42. The molecule has 0 radical (unpaired) electrons. The SMILES string of the molecule is C[C@H]1CC[C@@H]2N(C1)C[C@H]1[C@@H]3C[C@H]4[C@@H](CC(=O)[C@H]5C[C@@H](O)CC(Cl)[C@@]54C)[C@@H]3CC[C@H]1[C@]2(C)O. The van der Waals surface area contributed by atoms with Crippen LogP contribution in [-0.4, -0.2) is 57.1 Å². The van der Waals surface area contributed by atoms with Crippen LogP contribution in [0, 0.1) is 52.8 Å². The van der Waals surface area contributed by atoms with Crippen molar-refractivity contribution in [1.82, 2.24) is 4.90 Å². The summed E-state index contributed by atoms with van der Waals surface area (Å²) in [7, 11) is 0. The first-order valence-electron chi connectivity index (χ1n) is 13.4. The molecule has 32 heavy (non-hydrogen) atoms. The first-order valence-corrected chi connectivity index (χ1v) is 13.9. The number of ketones is 1. The van der Waals surface area contributed by atoms with Crippen LogP contribution in [0.1, 0.15) is 72.1 Å². The molecule has 13 atom stereocenters. The Labute approximate surface area is 198 Å². The standard InChI is InChI=1S/C27H42ClNO3/c1-14-4-7-25-27(3,32)20-6-5-16-17(19(20)13-29(25)12-14)10-21-18(16)11-23(31)22-8-15(30)9-24(28)26(21,22)2/h14-22,24-25,30,32H,4-13H2,1-3H3/t14-,15+,16+,17+,18-,19-,20+,21-,22+,24?,25-,26+,27-/m0/s1. The van der Waals surface area contributed by atoms with Crippen LogP contribution < -0.4 is 0 Å². The number of alkyl halides is 1. The van der Waals surface area contributed by atoms with Crippen molar-refractivity contribution in [2.24, 2.45) is 52.8 Å². The highest BCUT2D eigenvalue weighted by molar-refractivity contribution is 6.21. The summed E-state index contributed by atoms with van der Waals surface area (Å²) in [5.74, 6) is 4.07. The van der Waals surface area contributed by atoms with Crippen LogP contribution in [0.15, 0.2) is 0 Å². The lowest BCUT2D eigenvalue weighted by molar-refractivity contribution is -0.175. The molecule has 0 aromatic heterocycles. The Morgan fingerprint density at radius 3 is 2.50 bits per heavy atom. The highest BCUT2D eigenvalue weighted by atomic mass is 35.5. The molecule has 6 aliphatic rings. The zero-order valence-electron chi connectivity index (χ0n) is 20.0. The molecule has 0 aromatic carbocycles. The second-order valence-corrected chi connectivity index (χ2v) is 13.8. The van der Waals surface area contributed by atoms with Crippen molar-refractivity contribution >= 4 is 17.4 Å². The van der Waals surface area contributed by atoms with Gasteiger partial charge in [-0.1, -0.05) is 13.8 Å². The molecular formula is C27H42ClNO3. The number of carbonyl (C=O) groups excluding carboxylic acids is 1. The van der Waals surface area contributed by atoms with E-state index in [9.17, 15) is 15.0 Å². The van der Waals surface area contributed by atoms with Gasteiger partial charge in [0.2, 0.25) is 0 Å². The molecule has 180 valence electrons. The van der Waals surface area contributed by atoms with Gasteiger partial charge in [-0.25, -0.2) is 0 Å². The van der Waals surface area contributed by atoms with Crippen molar-refractivity contribution in [3.05, 3.63) is 0 Å². The van der Waals surface area contributed by atoms with Gasteiger partial charge in [0.25, 0.3) is 0 Å². The number of halogens is 1. The number of hydrogen-bond donors (Lipinski definition) is 2. The van der Waals surface area contributed by atoms with E-state index in [0.29, 0.717) is 72.5 Å². The Kier molecular flexibility index (Phi) is 5.17. The number of piperidine rings is 2. The summed E-state index contributed by atoms with van der Waals surface area (Å²) in [6.07, 6.45) is 7.28. The van der Waals surface area contributed by atoms with Gasteiger partial charge in [-0.3, -0.25) is 9.69 Å². The molecule has 2 saturated heterocycles. The maximum atomic E-state index is 13.3. The summed E-state index contributed by atoms with van der Waals surface area (Å²) < 4.78 is 0. The van der Waals surface area contributed by atoms with Crippen molar-refractivity contribution in [2.75, 3.05) is 13.1 Å². The molecule has 4 aliphatic carbocycles. The number of aliphatic hydroxyl groups excluding tert-OH is 1. The van der Waals surface area contributed by atoms with Crippen molar-refractivity contribution in [1.29, 1.82) is 0 Å². The molecule has 6 fully saturated rings. The molecule has 2 heterocycles. The van der Waals surface area contributed by atoms with Crippen LogP contribution in [-0.2, 0) is 4.79 Å². The molecule has 0 amide bonds. The highest BCUT2D eigenvalue weighted by Crippen LogP contribution is 2.67. The average Bonchev–Trinajstić information content (AvgIpc) is 3.09. The van der Waals surface area contributed by atoms with E-state index in [0.717, 1.165) is 32.4 Å². The van der Waals surface area contributed by atoms with E-state index in [-0.39, 0.29) is 16.7 Å². The molecule has 4 saturated carbocycles. The molecule has 6 rings (SSSR count). The third kappa shape index (κ3) is 2.94. The fraction of sp³-hybridized carbons (Fsp3) is 0.963. The number of rotatable bonds is 0. The largest absolute Gasteiger partial charge is 0.393 e. The molecule has 0 bridgehead atoms. The van der Waals surface area contributed by atoms with Crippen LogP contribution in [0.3, 0.4) is 0 Å². The van der Waals surface area contributed by atoms with Crippen molar-refractivity contribution in [3.63, 3.8) is 0 Å². The number of carbonyl (C=O) groups is 1. The molecule has 0 spiro atoms. The number of aliphatic hydroxyl groups is 2. The lowest BCUT2D eigenvalue weighted by Gasteiger charge is -2.59. The van der Waals surface area contributed by atoms with Crippen LogP contribution in [0.2, 0.25) is 0 Å². The number of fused-ring (bicyclic) bond motifs is 8. The number of hydrogen-bond acceptors (Lipinski definition) is 4. The molecule has 5 heteroatoms. The third-order valence-corrected chi connectivity index (χ3v) is 12.5. The van der Waals surface area contributed by atoms with Crippen LogP contribution in [0.25, 0.3) is 0 Å². The predicted molar refractivity (Wildman–Crippen MR) is 125 cm³/mol. The first kappa shape index (κ1) is 22.3. The fourth-order valence-electron chi connectivity index (χ4n) is 10.4. The lowest BCUT2D eigenvalue weighted by Crippen LogP contribution is -2.67. The molecular weight excluding hydrogens is 422 g/mol. The smallest absolute Gasteiger partial charge is 0.136 e. The van der Waals surface area contributed by atoms with E-state index >= 15 is 0 Å². The summed E-state index contributed by atoms with van der Waals surface area (Å²) in [6, 6.07) is 0.315. The minimum atomic E-state index is -0.603. The van der Waals surface area contributed by atoms with E-state index in [1.165, 1.54) is 12.8 Å². The average molecular weight is 464 g/mol. The van der Waals surface area contributed by atoms with Gasteiger partial charge in [0.05, 0.1) is 11.7 Å². The lowest BCUT2D eigenvalue weighted by atomic mass is 9.51. The topological polar surface area (TPSA) is 60.8 Å². The van der Waals surface area contributed by atoms with Crippen LogP contribution in [0.4, 0.5) is 0 Å². The Hall–Kier alpha value is -0.160. The minimum Gasteiger partial charge on any atom is -0.393 e. The van der Waals surface area contributed by atoms with Gasteiger partial charge in [-0.05, 0) is 98.7 Å². The minimum absolute atomic E-state index is 0.0762. The molecule has 0 aromatic rings. The Morgan fingerprint density at radius 2 is 1.72 bits per heavy atom. The van der Waals surface area contributed by atoms with Gasteiger partial charge in [-0.2, -0.15) is 0 Å². The second-order valence-electron chi connectivity index (χ2n) is 13.2. The van der Waals surface area contributed by atoms with Crippen LogP contribution >= 0.6 is 11.6 Å². The first-order chi connectivity index (χ1) is 15.1. The number of nitrogens with zero attached hydrogens (tertiary/aromatic N) is 1. The van der Waals surface area contributed by atoms with Gasteiger partial charge >= 0.3 is 0 Å². The normalized spacial score (nSPS) is 60.1. The van der Waals surface area contributed by atoms with Crippen molar-refractivity contribution in [2.45, 2.75) is 95.3 Å². The molecule has 2 N–H and O–H groups in total. The van der Waals surface area contributed by atoms with E-state index in [1.807, 2.05) is 0 Å². The maximum Gasteiger partial charge on any atom is 0.136 e. The Balaban J connectivity index is 1.32. The molecule has 2 aliphatic heterocycles. The maximum absolute atomic E-state index is 13.3. The third-order valence-electron chi connectivity index (χ3n) is 11.8. The Bertz CT molecular complexity index is 787. The van der Waals surface area contributed by atoms with Crippen molar-refractivity contribution in [3.8, 4) is 0 Å². The quantitative estimate of drug-likeness (QED) is 0.531. The van der Waals surface area contributed by atoms with E-state index < -0.39 is 11.7 Å².